The molecule has 0 saturated carbocycles. The molecule has 0 atom stereocenters. The van der Waals surface area contributed by atoms with Gasteiger partial charge in [-0.05, 0) is 18.6 Å². The molecule has 2 aromatic rings. The lowest BCUT2D eigenvalue weighted by Crippen LogP contribution is -2.26. The highest BCUT2D eigenvalue weighted by Gasteiger charge is 2.12. The van der Waals surface area contributed by atoms with Gasteiger partial charge in [0.1, 0.15) is 11.6 Å². The highest BCUT2D eigenvalue weighted by atomic mass is 32.2. The number of aromatic nitrogens is 2. The maximum Gasteiger partial charge on any atom is 0.216 e. The molecular formula is C15H20N4O2S. The molecule has 0 radical (unpaired) electrons. The first-order chi connectivity index (χ1) is 10.4. The van der Waals surface area contributed by atoms with Gasteiger partial charge in [-0.25, -0.2) is 23.1 Å². The molecule has 118 valence electrons. The molecule has 1 N–H and O–H groups in total. The van der Waals surface area contributed by atoms with Crippen LogP contribution < -0.4 is 9.62 Å². The summed E-state index contributed by atoms with van der Waals surface area (Å²) in [4.78, 5) is 10.2. The second-order valence-corrected chi connectivity index (χ2v) is 7.10. The van der Waals surface area contributed by atoms with E-state index < -0.39 is 10.0 Å². The SMILES string of the molecule is Cc1ccc(CS(=O)(=O)NCc2nccc(N(C)C)n2)cc1. The van der Waals surface area contributed by atoms with Gasteiger partial charge in [-0.1, -0.05) is 29.8 Å². The van der Waals surface area contributed by atoms with Crippen LogP contribution in [-0.2, 0) is 22.3 Å². The van der Waals surface area contributed by atoms with E-state index in [1.54, 1.807) is 12.3 Å². The van der Waals surface area contributed by atoms with Crippen LogP contribution in [0.3, 0.4) is 0 Å². The van der Waals surface area contributed by atoms with E-state index in [4.69, 9.17) is 0 Å². The molecule has 6 nitrogen and oxygen atoms in total. The molecule has 1 aromatic carbocycles. The van der Waals surface area contributed by atoms with Crippen LogP contribution in [0.25, 0.3) is 0 Å². The van der Waals surface area contributed by atoms with Gasteiger partial charge in [-0.15, -0.1) is 0 Å². The number of sulfonamides is 1. The Morgan fingerprint density at radius 3 is 2.45 bits per heavy atom. The number of benzene rings is 1. The van der Waals surface area contributed by atoms with Gasteiger partial charge in [-0.2, -0.15) is 0 Å². The Kier molecular flexibility index (Phi) is 5.10. The summed E-state index contributed by atoms with van der Waals surface area (Å²) in [5, 5.41) is 0. The van der Waals surface area contributed by atoms with E-state index in [0.717, 1.165) is 16.9 Å². The summed E-state index contributed by atoms with van der Waals surface area (Å²) in [5.41, 5.74) is 1.85. The molecule has 22 heavy (non-hydrogen) atoms. The molecule has 0 saturated heterocycles. The van der Waals surface area contributed by atoms with Crippen LogP contribution in [0.15, 0.2) is 36.5 Å². The van der Waals surface area contributed by atoms with E-state index in [-0.39, 0.29) is 12.3 Å². The van der Waals surface area contributed by atoms with Crippen molar-refractivity contribution in [3.63, 3.8) is 0 Å². The van der Waals surface area contributed by atoms with Gasteiger partial charge >= 0.3 is 0 Å². The number of aryl methyl sites for hydroxylation is 1. The third-order valence-electron chi connectivity index (χ3n) is 3.08. The van der Waals surface area contributed by atoms with Crippen LogP contribution in [0.1, 0.15) is 17.0 Å². The van der Waals surface area contributed by atoms with Crippen molar-refractivity contribution in [1.82, 2.24) is 14.7 Å². The van der Waals surface area contributed by atoms with E-state index in [0.29, 0.717) is 5.82 Å². The average molecular weight is 320 g/mol. The smallest absolute Gasteiger partial charge is 0.216 e. The van der Waals surface area contributed by atoms with Crippen molar-refractivity contribution < 1.29 is 8.42 Å². The number of nitrogens with one attached hydrogen (secondary N) is 1. The topological polar surface area (TPSA) is 75.2 Å². The Balaban J connectivity index is 2.00. The predicted molar refractivity (Wildman–Crippen MR) is 87.0 cm³/mol. The van der Waals surface area contributed by atoms with E-state index in [9.17, 15) is 8.42 Å². The molecule has 0 aliphatic heterocycles. The summed E-state index contributed by atoms with van der Waals surface area (Å²) >= 11 is 0. The summed E-state index contributed by atoms with van der Waals surface area (Å²) in [6.45, 7) is 2.04. The zero-order valence-corrected chi connectivity index (χ0v) is 13.8. The largest absolute Gasteiger partial charge is 0.363 e. The van der Waals surface area contributed by atoms with Crippen molar-refractivity contribution in [2.45, 2.75) is 19.2 Å². The van der Waals surface area contributed by atoms with Crippen molar-refractivity contribution >= 4 is 15.8 Å². The van der Waals surface area contributed by atoms with Gasteiger partial charge in [0.05, 0.1) is 12.3 Å². The Morgan fingerprint density at radius 1 is 1.14 bits per heavy atom. The molecule has 1 aromatic heterocycles. The van der Waals surface area contributed by atoms with Gasteiger partial charge in [-0.3, -0.25) is 0 Å². The highest BCUT2D eigenvalue weighted by molar-refractivity contribution is 7.88. The normalized spacial score (nSPS) is 11.4. The Labute approximate surface area is 131 Å². The quantitative estimate of drug-likeness (QED) is 0.872. The minimum absolute atomic E-state index is 0.0549. The van der Waals surface area contributed by atoms with Crippen molar-refractivity contribution in [2.24, 2.45) is 0 Å². The second-order valence-electron chi connectivity index (χ2n) is 5.29. The first-order valence-corrected chi connectivity index (χ1v) is 8.53. The first-order valence-electron chi connectivity index (χ1n) is 6.88. The van der Waals surface area contributed by atoms with Gasteiger partial charge in [0.15, 0.2) is 0 Å². The van der Waals surface area contributed by atoms with Gasteiger partial charge in [0, 0.05) is 20.3 Å². The number of anilines is 1. The fourth-order valence-electron chi connectivity index (χ4n) is 1.85. The molecule has 0 aliphatic rings. The lowest BCUT2D eigenvalue weighted by molar-refractivity contribution is 0.578. The maximum atomic E-state index is 12.1. The Bertz CT molecular complexity index is 727. The molecule has 0 spiro atoms. The molecule has 0 aliphatic carbocycles. The molecule has 7 heteroatoms. The van der Waals surface area contributed by atoms with Crippen LogP contribution in [-0.4, -0.2) is 32.5 Å². The minimum Gasteiger partial charge on any atom is -0.363 e. The maximum absolute atomic E-state index is 12.1. The summed E-state index contributed by atoms with van der Waals surface area (Å²) in [6.07, 6.45) is 1.62. The van der Waals surface area contributed by atoms with E-state index in [2.05, 4.69) is 14.7 Å². The van der Waals surface area contributed by atoms with Crippen molar-refractivity contribution in [2.75, 3.05) is 19.0 Å². The first kappa shape index (κ1) is 16.4. The summed E-state index contributed by atoms with van der Waals surface area (Å²) in [5.74, 6) is 1.13. The van der Waals surface area contributed by atoms with Crippen LogP contribution in [0.5, 0.6) is 0 Å². The van der Waals surface area contributed by atoms with Crippen molar-refractivity contribution in [3.05, 3.63) is 53.5 Å². The molecular weight excluding hydrogens is 300 g/mol. The lowest BCUT2D eigenvalue weighted by Gasteiger charge is -2.12. The number of hydrogen-bond acceptors (Lipinski definition) is 5. The van der Waals surface area contributed by atoms with E-state index in [1.165, 1.54) is 0 Å². The summed E-state index contributed by atoms with van der Waals surface area (Å²) in [6, 6.07) is 9.20. The predicted octanol–water partition coefficient (Wildman–Crippen LogP) is 1.47. The molecule has 1 heterocycles. The number of rotatable bonds is 6. The Hall–Kier alpha value is -1.99. The zero-order chi connectivity index (χ0) is 16.2. The minimum atomic E-state index is -3.42. The molecule has 0 fully saturated rings. The molecule has 0 unspecified atom stereocenters. The van der Waals surface area contributed by atoms with Gasteiger partial charge < -0.3 is 4.90 Å². The highest BCUT2D eigenvalue weighted by Crippen LogP contribution is 2.08. The zero-order valence-electron chi connectivity index (χ0n) is 12.9. The van der Waals surface area contributed by atoms with Crippen LogP contribution >= 0.6 is 0 Å². The molecule has 0 amide bonds. The van der Waals surface area contributed by atoms with Crippen LogP contribution in [0.2, 0.25) is 0 Å². The summed E-state index contributed by atoms with van der Waals surface area (Å²) in [7, 11) is 0.315. The fourth-order valence-corrected chi connectivity index (χ4v) is 2.93. The van der Waals surface area contributed by atoms with Crippen LogP contribution in [0, 0.1) is 6.92 Å². The summed E-state index contributed by atoms with van der Waals surface area (Å²) < 4.78 is 26.7. The second kappa shape index (κ2) is 6.85. The van der Waals surface area contributed by atoms with Crippen molar-refractivity contribution in [3.8, 4) is 0 Å². The number of hydrogen-bond donors (Lipinski definition) is 1. The van der Waals surface area contributed by atoms with Crippen LogP contribution in [0.4, 0.5) is 5.82 Å². The van der Waals surface area contributed by atoms with Crippen molar-refractivity contribution in [1.29, 1.82) is 0 Å². The third-order valence-corrected chi connectivity index (χ3v) is 4.37. The number of nitrogens with zero attached hydrogens (tertiary/aromatic N) is 3. The molecule has 2 rings (SSSR count). The van der Waals surface area contributed by atoms with E-state index >= 15 is 0 Å². The third kappa shape index (κ3) is 4.78. The monoisotopic (exact) mass is 320 g/mol. The Morgan fingerprint density at radius 2 is 1.82 bits per heavy atom. The fraction of sp³-hybridized carbons (Fsp3) is 0.333. The van der Waals surface area contributed by atoms with Gasteiger partial charge in [0.25, 0.3) is 0 Å². The lowest BCUT2D eigenvalue weighted by atomic mass is 10.2. The molecule has 0 bridgehead atoms. The van der Waals surface area contributed by atoms with Gasteiger partial charge in [0.2, 0.25) is 10.0 Å². The van der Waals surface area contributed by atoms with E-state index in [1.807, 2.05) is 50.2 Å². The average Bonchev–Trinajstić information content (AvgIpc) is 2.48. The standard InChI is InChI=1S/C15H20N4O2S/c1-12-4-6-13(7-5-12)11-22(20,21)17-10-14-16-9-8-15(18-14)19(2)3/h4-9,17H,10-11H2,1-3H3.